The van der Waals surface area contributed by atoms with E-state index in [4.69, 9.17) is 37.9 Å². The van der Waals surface area contributed by atoms with Crippen molar-refractivity contribution in [3.05, 3.63) is 42.5 Å². The number of hydrogen-bond donors (Lipinski definition) is 3. The number of carbonyl (C=O) groups excluding carboxylic acids is 6. The maximum atomic E-state index is 14.5. The van der Waals surface area contributed by atoms with E-state index >= 15 is 0 Å². The van der Waals surface area contributed by atoms with Crippen molar-refractivity contribution >= 4 is 41.7 Å². The number of esters is 3. The molecule has 1 aromatic carbocycles. The summed E-state index contributed by atoms with van der Waals surface area (Å²) in [5.41, 5.74) is -1.16. The van der Waals surface area contributed by atoms with Gasteiger partial charge in [-0.3, -0.25) is 28.9 Å². The summed E-state index contributed by atoms with van der Waals surface area (Å²) in [6.45, 7) is 13.3. The summed E-state index contributed by atoms with van der Waals surface area (Å²) in [7, 11) is 4.82. The fourth-order valence-electron chi connectivity index (χ4n) is 11.6. The van der Waals surface area contributed by atoms with Gasteiger partial charge in [-0.25, -0.2) is 0 Å². The molecule has 0 saturated carbocycles. The van der Waals surface area contributed by atoms with Crippen LogP contribution in [-0.4, -0.2) is 163 Å². The molecule has 7 rings (SSSR count). The molecule has 396 valence electrons. The first kappa shape index (κ1) is 56.1. The Bertz CT molecular complexity index is 2050. The maximum absolute atomic E-state index is 14.5. The van der Waals surface area contributed by atoms with Crippen LogP contribution < -0.4 is 4.90 Å². The minimum Gasteiger partial charge on any atom is -0.463 e. The standard InChI is InChI=1S/C52H76N2O17/c1-26(2)21-37(57)69-48-30(6)66-39(25-52(48,8)63)70-46-29(5)67-51(44(60)42(46)53(9)10)71-45-27(3)22-33(19-20-55)43(59)35-18-17-32(23-28(4)65-38(58)24-36(47(45)64-11)68-31(7)56)40-41(35)50(62)54(49(40)61)34-15-13-12-14-16-34/h12-18,20,26-30,32-33,35-36,39-48,51,59-60,63H,19,21-25H2,1-11H3/t27-,28+,29+,30-,32?,33+,35?,36+,39-,40?,41?,42+,43+,44+,45-,46+,47-,48-,51-,52+/m0/s1. The Labute approximate surface area is 416 Å². The normalized spacial score (nSPS) is 40.4. The first-order valence-corrected chi connectivity index (χ1v) is 25.0. The van der Waals surface area contributed by atoms with Crippen molar-refractivity contribution in [2.75, 3.05) is 26.1 Å². The van der Waals surface area contributed by atoms with Crippen LogP contribution in [0, 0.1) is 41.4 Å². The van der Waals surface area contributed by atoms with Crippen molar-refractivity contribution in [2.24, 2.45) is 41.4 Å². The number of aliphatic hydroxyl groups excluding tert-OH is 2. The highest BCUT2D eigenvalue weighted by molar-refractivity contribution is 6.22. The monoisotopic (exact) mass is 1000 g/mol. The number of para-hydroxylation sites is 1. The third-order valence-corrected chi connectivity index (χ3v) is 14.8. The number of amides is 2. The van der Waals surface area contributed by atoms with E-state index in [-0.39, 0.29) is 38.0 Å². The van der Waals surface area contributed by atoms with Gasteiger partial charge >= 0.3 is 17.9 Å². The number of aldehydes is 1. The highest BCUT2D eigenvalue weighted by atomic mass is 16.7. The number of carbonyl (C=O) groups is 6. The van der Waals surface area contributed by atoms with Crippen LogP contribution in [-0.2, 0) is 66.7 Å². The molecule has 5 aliphatic heterocycles. The summed E-state index contributed by atoms with van der Waals surface area (Å²) in [6, 6.07) is 7.69. The smallest absolute Gasteiger partial charge is 0.309 e. The van der Waals surface area contributed by atoms with E-state index in [2.05, 4.69) is 0 Å². The molecule has 2 bridgehead atoms. The van der Waals surface area contributed by atoms with Gasteiger partial charge in [0.25, 0.3) is 0 Å². The Balaban J connectivity index is 1.32. The van der Waals surface area contributed by atoms with E-state index in [0.29, 0.717) is 12.0 Å². The third kappa shape index (κ3) is 12.8. The zero-order valence-corrected chi connectivity index (χ0v) is 42.9. The summed E-state index contributed by atoms with van der Waals surface area (Å²) in [5.74, 6) is -7.77. The molecule has 1 aliphatic carbocycles. The van der Waals surface area contributed by atoms with E-state index in [1.807, 2.05) is 13.8 Å². The molecule has 19 nitrogen and oxygen atoms in total. The van der Waals surface area contributed by atoms with E-state index < -0.39 is 157 Å². The number of nitrogens with zero attached hydrogens (tertiary/aromatic N) is 2. The van der Waals surface area contributed by atoms with Crippen LogP contribution in [0.25, 0.3) is 0 Å². The van der Waals surface area contributed by atoms with Crippen LogP contribution in [0.15, 0.2) is 42.5 Å². The number of benzene rings is 1. The topological polar surface area (TPSA) is 243 Å². The third-order valence-electron chi connectivity index (χ3n) is 14.8. The molecule has 0 aromatic heterocycles. The van der Waals surface area contributed by atoms with Gasteiger partial charge in [0.2, 0.25) is 11.8 Å². The summed E-state index contributed by atoms with van der Waals surface area (Å²) < 4.78 is 49.4. The summed E-state index contributed by atoms with van der Waals surface area (Å²) in [5, 5.41) is 36.3. The highest BCUT2D eigenvalue weighted by Gasteiger charge is 2.58. The van der Waals surface area contributed by atoms with Gasteiger partial charge in [0, 0.05) is 39.2 Å². The second-order valence-electron chi connectivity index (χ2n) is 21.2. The van der Waals surface area contributed by atoms with Crippen LogP contribution in [0.5, 0.6) is 0 Å². The lowest BCUT2D eigenvalue weighted by molar-refractivity contribution is -0.344. The van der Waals surface area contributed by atoms with Gasteiger partial charge in [-0.2, -0.15) is 0 Å². The number of allylic oxidation sites excluding steroid dienone is 1. The fourth-order valence-corrected chi connectivity index (χ4v) is 11.6. The molecule has 20 atom stereocenters. The van der Waals surface area contributed by atoms with Gasteiger partial charge in [-0.05, 0) is 90.4 Å². The SMILES string of the molecule is CO[C@@H]1[C@@H](O[C@@H]2O[C@H](C)[C@@H](O[C@H]3C[C@@](C)(O)[C@@H](OC(=O)CC(C)C)[C@H](C)O3)[C@H](N(C)C)[C@H]2O)[C@@H](C)C[C@@H](CC=O)[C@@H](O)C2C=CC(C[C@@H](C)OC(=O)C[C@H]1OC(C)=O)C1C(=O)N(c3ccccc3)C(=O)C12. The number of hydrogen-bond acceptors (Lipinski definition) is 18. The van der Waals surface area contributed by atoms with Crippen molar-refractivity contribution in [3.8, 4) is 0 Å². The Morgan fingerprint density at radius 2 is 1.58 bits per heavy atom. The van der Waals surface area contributed by atoms with Gasteiger partial charge in [0.05, 0.1) is 60.5 Å². The van der Waals surface area contributed by atoms with Gasteiger partial charge in [0.15, 0.2) is 18.7 Å². The first-order valence-electron chi connectivity index (χ1n) is 25.0. The lowest BCUT2D eigenvalue weighted by atomic mass is 9.66. The van der Waals surface area contributed by atoms with Gasteiger partial charge < -0.3 is 62.9 Å². The predicted octanol–water partition coefficient (Wildman–Crippen LogP) is 3.51. The number of methoxy groups -OCH3 is 1. The average Bonchev–Trinajstić information content (AvgIpc) is 3.54. The zero-order chi connectivity index (χ0) is 52.2. The quantitative estimate of drug-likeness (QED) is 0.0842. The second kappa shape index (κ2) is 23.8. The fraction of sp³-hybridized carbons (Fsp3) is 0.731. The van der Waals surface area contributed by atoms with Crippen LogP contribution in [0.1, 0.15) is 93.9 Å². The molecule has 71 heavy (non-hydrogen) atoms. The Kier molecular flexibility index (Phi) is 18.8. The summed E-state index contributed by atoms with van der Waals surface area (Å²) in [4.78, 5) is 83.6. The van der Waals surface area contributed by atoms with Crippen molar-refractivity contribution < 1.29 is 82.0 Å². The largest absolute Gasteiger partial charge is 0.463 e. The molecule has 0 radical (unpaired) electrons. The summed E-state index contributed by atoms with van der Waals surface area (Å²) in [6.07, 6.45) is -9.33. The van der Waals surface area contributed by atoms with Gasteiger partial charge in [-0.1, -0.05) is 51.1 Å². The van der Waals surface area contributed by atoms with Crippen molar-refractivity contribution in [3.63, 3.8) is 0 Å². The Morgan fingerprint density at radius 3 is 2.18 bits per heavy atom. The zero-order valence-electron chi connectivity index (χ0n) is 42.9. The number of anilines is 1. The van der Waals surface area contributed by atoms with Crippen LogP contribution in [0.3, 0.4) is 0 Å². The molecule has 4 unspecified atom stereocenters. The molecule has 1 aromatic rings. The predicted molar refractivity (Wildman–Crippen MR) is 254 cm³/mol. The van der Waals surface area contributed by atoms with Gasteiger partial charge in [-0.15, -0.1) is 0 Å². The van der Waals surface area contributed by atoms with Crippen molar-refractivity contribution in [1.82, 2.24) is 4.90 Å². The molecular formula is C52H76N2O17. The van der Waals surface area contributed by atoms with Crippen LogP contribution in [0.4, 0.5) is 5.69 Å². The Morgan fingerprint density at radius 1 is 0.901 bits per heavy atom. The molecule has 6 aliphatic rings. The van der Waals surface area contributed by atoms with E-state index in [9.17, 15) is 44.1 Å². The molecule has 4 saturated heterocycles. The van der Waals surface area contributed by atoms with Crippen LogP contribution in [0.2, 0.25) is 0 Å². The van der Waals surface area contributed by atoms with E-state index in [1.165, 1.54) is 14.0 Å². The maximum Gasteiger partial charge on any atom is 0.309 e. The Hall–Kier alpha value is -4.18. The minimum absolute atomic E-state index is 0.0422. The van der Waals surface area contributed by atoms with E-state index in [0.717, 1.165) is 4.90 Å². The number of fused-ring (bicyclic) bond motifs is 11. The van der Waals surface area contributed by atoms with E-state index in [1.54, 1.807) is 96.1 Å². The lowest BCUT2D eigenvalue weighted by Crippen LogP contribution is -2.66. The minimum atomic E-state index is -1.54. The number of likely N-dealkylation sites (N-methyl/N-ethyl adjacent to an activating group) is 1. The number of aliphatic hydroxyl groups is 3. The number of rotatable bonds is 13. The molecule has 0 spiro atoms. The lowest BCUT2D eigenvalue weighted by Gasteiger charge is -2.50. The highest BCUT2D eigenvalue weighted by Crippen LogP contribution is 2.48. The van der Waals surface area contributed by atoms with Crippen molar-refractivity contribution in [2.45, 2.75) is 179 Å². The molecule has 19 heteroatoms. The first-order chi connectivity index (χ1) is 33.5. The van der Waals surface area contributed by atoms with Gasteiger partial charge in [0.1, 0.15) is 36.3 Å². The molecule has 4 fully saturated rings. The second-order valence-corrected chi connectivity index (χ2v) is 21.2. The summed E-state index contributed by atoms with van der Waals surface area (Å²) >= 11 is 0. The molecule has 2 amide bonds. The average molecular weight is 1000 g/mol. The molecule has 5 heterocycles. The number of imide groups is 1. The van der Waals surface area contributed by atoms with Crippen molar-refractivity contribution in [1.29, 1.82) is 0 Å². The van der Waals surface area contributed by atoms with Crippen LogP contribution >= 0.6 is 0 Å². The number of ether oxygens (including phenoxy) is 8. The molecule has 3 N–H and O–H groups in total. The molecular weight excluding hydrogens is 925 g/mol.